The molecule has 9 nitrogen and oxygen atoms in total. The summed E-state index contributed by atoms with van der Waals surface area (Å²) in [6.45, 7) is 4.47. The second kappa shape index (κ2) is 37.2. The Hall–Kier alpha value is -1.06. The minimum atomic E-state index is -4.64. The summed E-state index contributed by atoms with van der Waals surface area (Å²) >= 11 is 0. The van der Waals surface area contributed by atoms with Gasteiger partial charge in [0.2, 0.25) is 5.91 Å². The van der Waals surface area contributed by atoms with Crippen molar-refractivity contribution < 1.29 is 38.0 Å². The predicted molar refractivity (Wildman–Crippen MR) is 230 cm³/mol. The fourth-order valence-corrected chi connectivity index (χ4v) is 7.27. The lowest BCUT2D eigenvalue weighted by atomic mass is 10.0. The van der Waals surface area contributed by atoms with E-state index in [2.05, 4.69) is 31.3 Å². The number of nitrogens with zero attached hydrogens (tertiary/aromatic N) is 1. The van der Waals surface area contributed by atoms with E-state index >= 15 is 0 Å². The van der Waals surface area contributed by atoms with Gasteiger partial charge in [-0.15, -0.1) is 0 Å². The third-order valence-electron chi connectivity index (χ3n) is 10.2. The van der Waals surface area contributed by atoms with E-state index in [0.29, 0.717) is 17.4 Å². The maximum absolute atomic E-state index is 12.9. The number of unbranched alkanes of at least 4 members (excludes halogenated alkanes) is 24. The third kappa shape index (κ3) is 39.5. The number of aliphatic hydroxyl groups excluding tert-OH is 2. The smallest absolute Gasteiger partial charge is 0.268 e. The van der Waals surface area contributed by atoms with Gasteiger partial charge in [-0.3, -0.25) is 9.36 Å². The normalized spacial score (nSPS) is 15.1. The van der Waals surface area contributed by atoms with Crippen molar-refractivity contribution in [3.05, 3.63) is 24.3 Å². The van der Waals surface area contributed by atoms with Crippen LogP contribution in [-0.4, -0.2) is 79.8 Å². The predicted octanol–water partition coefficient (Wildman–Crippen LogP) is 10.9. The van der Waals surface area contributed by atoms with Gasteiger partial charge in [-0.2, -0.15) is 0 Å². The van der Waals surface area contributed by atoms with Crippen LogP contribution >= 0.6 is 7.82 Å². The van der Waals surface area contributed by atoms with Gasteiger partial charge in [0.15, 0.2) is 0 Å². The van der Waals surface area contributed by atoms with Gasteiger partial charge in [-0.05, 0) is 44.9 Å². The number of likely N-dealkylation sites (N-methyl/N-ethyl adjacent to an activating group) is 1. The van der Waals surface area contributed by atoms with E-state index in [0.717, 1.165) is 38.5 Å². The molecule has 0 saturated heterocycles. The highest BCUT2D eigenvalue weighted by atomic mass is 31.2. The van der Waals surface area contributed by atoms with Gasteiger partial charge in [0.25, 0.3) is 7.82 Å². The number of rotatable bonds is 41. The molecule has 0 aliphatic rings. The minimum Gasteiger partial charge on any atom is -0.756 e. The average molecular weight is 801 g/mol. The molecule has 326 valence electrons. The number of aliphatic hydroxyl groups is 2. The zero-order chi connectivity index (χ0) is 40.9. The van der Waals surface area contributed by atoms with Crippen molar-refractivity contribution in [2.24, 2.45) is 0 Å². The van der Waals surface area contributed by atoms with Crippen LogP contribution in [0.25, 0.3) is 0 Å². The Morgan fingerprint density at radius 2 is 1.07 bits per heavy atom. The maximum atomic E-state index is 12.9. The number of phosphoric acid groups is 1. The van der Waals surface area contributed by atoms with Crippen molar-refractivity contribution >= 4 is 13.7 Å². The number of carbonyl (C=O) groups is 1. The van der Waals surface area contributed by atoms with Gasteiger partial charge < -0.3 is 34.0 Å². The van der Waals surface area contributed by atoms with E-state index in [1.54, 1.807) is 6.08 Å². The number of carbonyl (C=O) groups excluding carboxylic acids is 1. The van der Waals surface area contributed by atoms with E-state index in [1.807, 2.05) is 27.2 Å². The lowest BCUT2D eigenvalue weighted by Gasteiger charge is -2.29. The quantitative estimate of drug-likeness (QED) is 0.0243. The highest BCUT2D eigenvalue weighted by Crippen LogP contribution is 2.38. The van der Waals surface area contributed by atoms with Gasteiger partial charge in [-0.25, -0.2) is 0 Å². The van der Waals surface area contributed by atoms with Gasteiger partial charge in [0.1, 0.15) is 13.2 Å². The van der Waals surface area contributed by atoms with Crippen LogP contribution < -0.4 is 10.2 Å². The molecular weight excluding hydrogens is 711 g/mol. The molecule has 2 unspecified atom stereocenters. The summed E-state index contributed by atoms with van der Waals surface area (Å²) in [6, 6.07) is -1.01. The van der Waals surface area contributed by atoms with Crippen LogP contribution in [0.5, 0.6) is 0 Å². The summed E-state index contributed by atoms with van der Waals surface area (Å²) in [7, 11) is 1.14. The fraction of sp³-hybridized carbons (Fsp3) is 0.889. The van der Waals surface area contributed by atoms with Crippen LogP contribution in [0.1, 0.15) is 200 Å². The molecule has 0 saturated carbocycles. The first-order chi connectivity index (χ1) is 26.4. The van der Waals surface area contributed by atoms with E-state index in [-0.39, 0.29) is 13.0 Å². The zero-order valence-electron chi connectivity index (χ0n) is 36.5. The Bertz CT molecular complexity index is 971. The minimum absolute atomic E-state index is 0.0358. The number of hydrogen-bond acceptors (Lipinski definition) is 7. The van der Waals surface area contributed by atoms with Crippen molar-refractivity contribution in [2.75, 3.05) is 40.9 Å². The average Bonchev–Trinajstić information content (AvgIpc) is 3.12. The lowest BCUT2D eigenvalue weighted by molar-refractivity contribution is -0.870. The number of hydrogen-bond donors (Lipinski definition) is 3. The van der Waals surface area contributed by atoms with Crippen molar-refractivity contribution in [3.63, 3.8) is 0 Å². The Labute approximate surface area is 339 Å². The molecule has 10 heteroatoms. The van der Waals surface area contributed by atoms with Gasteiger partial charge in [0, 0.05) is 0 Å². The molecule has 3 N–H and O–H groups in total. The highest BCUT2D eigenvalue weighted by molar-refractivity contribution is 7.45. The maximum Gasteiger partial charge on any atom is 0.268 e. The Balaban J connectivity index is 4.49. The Kier molecular flexibility index (Phi) is 36.5. The van der Waals surface area contributed by atoms with Gasteiger partial charge in [0.05, 0.1) is 52.4 Å². The molecular formula is C45H89N2O7P. The summed E-state index contributed by atoms with van der Waals surface area (Å²) < 4.78 is 23.1. The molecule has 0 aromatic heterocycles. The molecule has 0 spiro atoms. The zero-order valence-corrected chi connectivity index (χ0v) is 37.4. The summed E-state index contributed by atoms with van der Waals surface area (Å²) in [5.41, 5.74) is 0. The molecule has 0 aromatic carbocycles. The molecule has 0 radical (unpaired) electrons. The first-order valence-corrected chi connectivity index (χ1v) is 24.2. The summed E-state index contributed by atoms with van der Waals surface area (Å²) in [4.78, 5) is 25.3. The van der Waals surface area contributed by atoms with Crippen molar-refractivity contribution in [1.82, 2.24) is 5.32 Å². The van der Waals surface area contributed by atoms with Gasteiger partial charge >= 0.3 is 0 Å². The molecule has 1 amide bonds. The number of quaternary nitrogens is 1. The second-order valence-electron chi connectivity index (χ2n) is 16.9. The second-order valence-corrected chi connectivity index (χ2v) is 18.4. The molecule has 55 heavy (non-hydrogen) atoms. The molecule has 0 aliphatic heterocycles. The van der Waals surface area contributed by atoms with E-state index in [1.165, 1.54) is 135 Å². The standard InChI is InChI=1S/C45H89N2O7P/c1-6-8-10-12-14-16-18-20-21-22-23-25-26-28-30-32-34-36-42(48)40-45(50)46-43(41-54-55(51,52)53-39-38-47(3,4)5)44(49)37-35-33-31-29-27-24-19-17-15-13-11-9-7-2/h20-21,35,37,42-44,48-49H,6-19,22-34,36,38-41H2,1-5H3,(H-,46,50,51,52)/b21-20-,37-35+/t42?,43-,44+/m0/s1. The highest BCUT2D eigenvalue weighted by Gasteiger charge is 2.24. The molecule has 0 heterocycles. The number of phosphoric ester groups is 1. The SMILES string of the molecule is CCCCCCCC/C=C\CCCCCCCCCC(O)CC(=O)N[C@@H](COP(=O)([O-])OCC[N+](C)(C)C)[C@H](O)/C=C/CCCCCCCCCCCCC. The number of allylic oxidation sites excluding steroid dienone is 3. The molecule has 0 bridgehead atoms. The monoisotopic (exact) mass is 801 g/mol. The first kappa shape index (κ1) is 53.9. The summed E-state index contributed by atoms with van der Waals surface area (Å²) in [5.74, 6) is -0.452. The molecule has 0 aromatic rings. The first-order valence-electron chi connectivity index (χ1n) is 22.8. The van der Waals surface area contributed by atoms with Gasteiger partial charge in [-0.1, -0.05) is 173 Å². The largest absolute Gasteiger partial charge is 0.756 e. The van der Waals surface area contributed by atoms with E-state index < -0.39 is 38.6 Å². The summed E-state index contributed by atoms with van der Waals surface area (Å²) in [6.07, 6.45) is 39.7. The van der Waals surface area contributed by atoms with Crippen LogP contribution in [0.3, 0.4) is 0 Å². The molecule has 0 fully saturated rings. The third-order valence-corrected chi connectivity index (χ3v) is 11.2. The van der Waals surface area contributed by atoms with E-state index in [4.69, 9.17) is 9.05 Å². The molecule has 4 atom stereocenters. The Morgan fingerprint density at radius 3 is 1.53 bits per heavy atom. The fourth-order valence-electron chi connectivity index (χ4n) is 6.54. The van der Waals surface area contributed by atoms with Crippen LogP contribution in [0, 0.1) is 0 Å². The topological polar surface area (TPSA) is 128 Å². The molecule has 0 aliphatic carbocycles. The van der Waals surface area contributed by atoms with Crippen molar-refractivity contribution in [2.45, 2.75) is 218 Å². The van der Waals surface area contributed by atoms with Crippen LogP contribution in [0.15, 0.2) is 24.3 Å². The Morgan fingerprint density at radius 1 is 0.655 bits per heavy atom. The number of nitrogens with one attached hydrogen (secondary N) is 1. The van der Waals surface area contributed by atoms with Crippen LogP contribution in [0.2, 0.25) is 0 Å². The van der Waals surface area contributed by atoms with Crippen molar-refractivity contribution in [3.8, 4) is 0 Å². The van der Waals surface area contributed by atoms with E-state index in [9.17, 15) is 24.5 Å². The van der Waals surface area contributed by atoms with Crippen LogP contribution in [-0.2, 0) is 18.4 Å². The number of amides is 1. The lowest BCUT2D eigenvalue weighted by Crippen LogP contribution is -2.46. The molecule has 0 rings (SSSR count). The van der Waals surface area contributed by atoms with Crippen LogP contribution in [0.4, 0.5) is 0 Å². The summed E-state index contributed by atoms with van der Waals surface area (Å²) in [5, 5.41) is 24.2. The van der Waals surface area contributed by atoms with Crippen molar-refractivity contribution in [1.29, 1.82) is 0 Å².